The lowest BCUT2D eigenvalue weighted by atomic mass is 10.1. The first-order valence-electron chi connectivity index (χ1n) is 6.19. The van der Waals surface area contributed by atoms with Gasteiger partial charge in [-0.3, -0.25) is 4.98 Å². The Morgan fingerprint density at radius 1 is 0.950 bits per heavy atom. The second-order valence-electron chi connectivity index (χ2n) is 4.46. The molecule has 0 amide bonds. The van der Waals surface area contributed by atoms with Gasteiger partial charge in [0.1, 0.15) is 11.5 Å². The van der Waals surface area contributed by atoms with Gasteiger partial charge in [-0.05, 0) is 6.92 Å². The van der Waals surface area contributed by atoms with Gasteiger partial charge in [-0.2, -0.15) is 0 Å². The number of ether oxygens (including phenoxy) is 1. The first-order chi connectivity index (χ1) is 9.66. The number of aryl methyl sites for hydroxylation is 1. The van der Waals surface area contributed by atoms with Crippen LogP contribution in [0.1, 0.15) is 5.69 Å². The smallest absolute Gasteiger partial charge is 0.155 e. The van der Waals surface area contributed by atoms with Gasteiger partial charge in [-0.15, -0.1) is 0 Å². The molecule has 0 atom stereocenters. The maximum Gasteiger partial charge on any atom is 0.155 e. The molecule has 3 rings (SSSR count). The van der Waals surface area contributed by atoms with Gasteiger partial charge in [-0.1, -0.05) is 24.3 Å². The van der Waals surface area contributed by atoms with Crippen LogP contribution in [0.25, 0.3) is 10.8 Å². The van der Waals surface area contributed by atoms with E-state index in [-0.39, 0.29) is 5.82 Å². The van der Waals surface area contributed by atoms with Crippen LogP contribution in [0.4, 0.5) is 11.5 Å². The largest absolute Gasteiger partial charge is 0.453 e. The zero-order valence-corrected chi connectivity index (χ0v) is 11.0. The Balaban J connectivity index is 2.12. The highest BCUT2D eigenvalue weighted by Crippen LogP contribution is 2.34. The number of nitrogen functional groups attached to an aromatic ring is 2. The molecule has 3 aromatic rings. The van der Waals surface area contributed by atoms with Crippen molar-refractivity contribution in [2.45, 2.75) is 6.92 Å². The molecule has 0 aliphatic heterocycles. The summed E-state index contributed by atoms with van der Waals surface area (Å²) in [7, 11) is 0. The van der Waals surface area contributed by atoms with Crippen LogP contribution >= 0.6 is 0 Å². The molecule has 4 N–H and O–H groups in total. The van der Waals surface area contributed by atoms with Gasteiger partial charge in [0.15, 0.2) is 11.5 Å². The SMILES string of the molecule is Cc1ncc(Oc2ccnc(N)c2N)c2ccccc12. The van der Waals surface area contributed by atoms with E-state index in [0.29, 0.717) is 17.2 Å². The van der Waals surface area contributed by atoms with Crippen LogP contribution in [0.5, 0.6) is 11.5 Å². The van der Waals surface area contributed by atoms with Gasteiger partial charge < -0.3 is 16.2 Å². The van der Waals surface area contributed by atoms with Crippen molar-refractivity contribution in [3.63, 3.8) is 0 Å². The van der Waals surface area contributed by atoms with Gasteiger partial charge in [0.05, 0.1) is 6.20 Å². The Morgan fingerprint density at radius 3 is 2.50 bits per heavy atom. The number of rotatable bonds is 2. The number of benzene rings is 1. The number of hydrogen-bond donors (Lipinski definition) is 2. The van der Waals surface area contributed by atoms with E-state index in [4.69, 9.17) is 16.2 Å². The summed E-state index contributed by atoms with van der Waals surface area (Å²) in [6.45, 7) is 1.96. The number of pyridine rings is 2. The molecule has 1 aromatic carbocycles. The second-order valence-corrected chi connectivity index (χ2v) is 4.46. The third kappa shape index (κ3) is 1.99. The Labute approximate surface area is 116 Å². The third-order valence-corrected chi connectivity index (χ3v) is 3.16. The molecule has 0 saturated carbocycles. The molecule has 2 heterocycles. The van der Waals surface area contributed by atoms with Crippen molar-refractivity contribution in [3.05, 3.63) is 48.4 Å². The summed E-state index contributed by atoms with van der Waals surface area (Å²) in [5.74, 6) is 1.38. The molecule has 0 spiro atoms. The third-order valence-electron chi connectivity index (χ3n) is 3.16. The molecular formula is C15H14N4O. The Hall–Kier alpha value is -2.82. The van der Waals surface area contributed by atoms with E-state index in [2.05, 4.69) is 9.97 Å². The standard InChI is InChI=1S/C15H14N4O/c1-9-10-4-2-3-5-11(10)13(8-19-9)20-12-6-7-18-15(17)14(12)16/h2-8H,16H2,1H3,(H2,17,18). The van der Waals surface area contributed by atoms with Crippen LogP contribution in [-0.4, -0.2) is 9.97 Å². The summed E-state index contributed by atoms with van der Waals surface area (Å²) in [5, 5.41) is 2.03. The van der Waals surface area contributed by atoms with Crippen LogP contribution in [0, 0.1) is 6.92 Å². The number of hydrogen-bond acceptors (Lipinski definition) is 5. The minimum Gasteiger partial charge on any atom is -0.453 e. The zero-order valence-electron chi connectivity index (χ0n) is 11.0. The number of aromatic nitrogens is 2. The Morgan fingerprint density at radius 2 is 1.70 bits per heavy atom. The lowest BCUT2D eigenvalue weighted by molar-refractivity contribution is 0.488. The average molecular weight is 266 g/mol. The molecule has 5 heteroatoms. The van der Waals surface area contributed by atoms with Crippen molar-refractivity contribution in [2.24, 2.45) is 0 Å². The van der Waals surface area contributed by atoms with E-state index >= 15 is 0 Å². The fraction of sp³-hybridized carbons (Fsp3) is 0.0667. The fourth-order valence-electron chi connectivity index (χ4n) is 2.07. The maximum absolute atomic E-state index is 5.87. The van der Waals surface area contributed by atoms with Crippen molar-refractivity contribution in [3.8, 4) is 11.5 Å². The molecule has 0 unspecified atom stereocenters. The average Bonchev–Trinajstić information content (AvgIpc) is 2.47. The topological polar surface area (TPSA) is 87.0 Å². The normalized spacial score (nSPS) is 10.7. The molecule has 0 aliphatic carbocycles. The molecule has 0 radical (unpaired) electrons. The monoisotopic (exact) mass is 266 g/mol. The molecule has 5 nitrogen and oxygen atoms in total. The van der Waals surface area contributed by atoms with E-state index in [0.717, 1.165) is 16.5 Å². The highest BCUT2D eigenvalue weighted by atomic mass is 16.5. The minimum absolute atomic E-state index is 0.256. The molecular weight excluding hydrogens is 252 g/mol. The van der Waals surface area contributed by atoms with Gasteiger partial charge in [-0.25, -0.2) is 4.98 Å². The molecule has 2 aromatic heterocycles. The van der Waals surface area contributed by atoms with E-state index in [1.54, 1.807) is 18.5 Å². The summed E-state index contributed by atoms with van der Waals surface area (Å²) < 4.78 is 5.85. The molecule has 0 saturated heterocycles. The molecule has 0 aliphatic rings. The van der Waals surface area contributed by atoms with Crippen molar-refractivity contribution in [1.82, 2.24) is 9.97 Å². The molecule has 100 valence electrons. The summed E-state index contributed by atoms with van der Waals surface area (Å²) in [4.78, 5) is 8.26. The highest BCUT2D eigenvalue weighted by Gasteiger charge is 2.10. The van der Waals surface area contributed by atoms with E-state index in [9.17, 15) is 0 Å². The van der Waals surface area contributed by atoms with Crippen LogP contribution in [0.3, 0.4) is 0 Å². The summed E-state index contributed by atoms with van der Waals surface area (Å²) in [5.41, 5.74) is 12.8. The Bertz CT molecular complexity index is 786. The lowest BCUT2D eigenvalue weighted by Gasteiger charge is -2.12. The summed E-state index contributed by atoms with van der Waals surface area (Å²) >= 11 is 0. The first kappa shape index (κ1) is 12.2. The van der Waals surface area contributed by atoms with Crippen molar-refractivity contribution < 1.29 is 4.74 Å². The predicted molar refractivity (Wildman–Crippen MR) is 79.6 cm³/mol. The zero-order chi connectivity index (χ0) is 14.1. The van der Waals surface area contributed by atoms with Crippen LogP contribution < -0.4 is 16.2 Å². The quantitative estimate of drug-likeness (QED) is 0.744. The van der Waals surface area contributed by atoms with Crippen LogP contribution in [0.2, 0.25) is 0 Å². The number of nitrogens with two attached hydrogens (primary N) is 2. The highest BCUT2D eigenvalue weighted by molar-refractivity contribution is 5.90. The predicted octanol–water partition coefficient (Wildman–Crippen LogP) is 2.89. The van der Waals surface area contributed by atoms with Gasteiger partial charge in [0.25, 0.3) is 0 Å². The number of anilines is 2. The van der Waals surface area contributed by atoms with Crippen LogP contribution in [-0.2, 0) is 0 Å². The van der Waals surface area contributed by atoms with E-state index in [1.807, 2.05) is 31.2 Å². The Kier molecular flexibility index (Phi) is 2.87. The maximum atomic E-state index is 5.87. The van der Waals surface area contributed by atoms with Crippen molar-refractivity contribution in [2.75, 3.05) is 11.5 Å². The van der Waals surface area contributed by atoms with Crippen molar-refractivity contribution >= 4 is 22.3 Å². The summed E-state index contributed by atoms with van der Waals surface area (Å²) in [6.07, 6.45) is 3.25. The first-order valence-corrected chi connectivity index (χ1v) is 6.19. The van der Waals surface area contributed by atoms with Gasteiger partial charge >= 0.3 is 0 Å². The van der Waals surface area contributed by atoms with E-state index < -0.39 is 0 Å². The fourth-order valence-corrected chi connectivity index (χ4v) is 2.07. The molecule has 0 bridgehead atoms. The summed E-state index contributed by atoms with van der Waals surface area (Å²) in [6, 6.07) is 9.60. The van der Waals surface area contributed by atoms with Gasteiger partial charge in [0.2, 0.25) is 0 Å². The minimum atomic E-state index is 0.256. The van der Waals surface area contributed by atoms with Crippen LogP contribution in [0.15, 0.2) is 42.7 Å². The second kappa shape index (κ2) is 4.70. The van der Waals surface area contributed by atoms with Crippen molar-refractivity contribution in [1.29, 1.82) is 0 Å². The van der Waals surface area contributed by atoms with E-state index in [1.165, 1.54) is 0 Å². The molecule has 20 heavy (non-hydrogen) atoms. The number of nitrogens with zero attached hydrogens (tertiary/aromatic N) is 2. The van der Waals surface area contributed by atoms with Gasteiger partial charge in [0, 0.05) is 28.7 Å². The molecule has 0 fully saturated rings. The lowest BCUT2D eigenvalue weighted by Crippen LogP contribution is -2.00. The number of fused-ring (bicyclic) bond motifs is 1.